The number of ether oxygens (including phenoxy) is 2. The van der Waals surface area contributed by atoms with E-state index in [0.717, 1.165) is 42.9 Å². The van der Waals surface area contributed by atoms with Gasteiger partial charge in [-0.3, -0.25) is 0 Å². The number of hydrogen-bond acceptors (Lipinski definition) is 5. The molecule has 178 valence electrons. The van der Waals surface area contributed by atoms with E-state index in [4.69, 9.17) is 9.47 Å². The number of esters is 1. The number of fused-ring (bicyclic) bond motifs is 1. The Kier molecular flexibility index (Phi) is 7.34. The predicted molar refractivity (Wildman–Crippen MR) is 132 cm³/mol. The molecule has 0 bridgehead atoms. The molecule has 3 aromatic carbocycles. The lowest BCUT2D eigenvalue weighted by molar-refractivity contribution is -0.130. The molecular weight excluding hydrogens is 450 g/mol. The summed E-state index contributed by atoms with van der Waals surface area (Å²) in [7, 11) is -2.37. The van der Waals surface area contributed by atoms with Gasteiger partial charge in [0.15, 0.2) is 0 Å². The summed E-state index contributed by atoms with van der Waals surface area (Å²) in [6.45, 7) is 3.97. The molecule has 0 aromatic heterocycles. The van der Waals surface area contributed by atoms with E-state index in [-0.39, 0.29) is 16.4 Å². The molecule has 3 aromatic rings. The Labute approximate surface area is 200 Å². The van der Waals surface area contributed by atoms with Gasteiger partial charge in [-0.15, -0.1) is 0 Å². The maximum atomic E-state index is 13.2. The van der Waals surface area contributed by atoms with Crippen LogP contribution >= 0.6 is 0 Å². The number of carbonyl (C=O) groups excluding carboxylic acids is 1. The van der Waals surface area contributed by atoms with Crippen molar-refractivity contribution in [3.63, 3.8) is 0 Å². The summed E-state index contributed by atoms with van der Waals surface area (Å²) in [4.78, 5) is 13.2. The van der Waals surface area contributed by atoms with Crippen LogP contribution in [0.15, 0.2) is 83.8 Å². The smallest absolute Gasteiger partial charge is 0.340 e. The van der Waals surface area contributed by atoms with E-state index in [0.29, 0.717) is 11.5 Å². The second kappa shape index (κ2) is 10.4. The van der Waals surface area contributed by atoms with Crippen LogP contribution in [-0.4, -0.2) is 27.5 Å². The van der Waals surface area contributed by atoms with Gasteiger partial charge in [-0.2, -0.15) is 0 Å². The van der Waals surface area contributed by atoms with Gasteiger partial charge >= 0.3 is 5.97 Å². The first kappa shape index (κ1) is 24.0. The van der Waals surface area contributed by atoms with Gasteiger partial charge in [-0.1, -0.05) is 56.2 Å². The quantitative estimate of drug-likeness (QED) is 0.272. The fourth-order valence-corrected chi connectivity index (χ4v) is 5.74. The molecule has 1 saturated carbocycles. The van der Waals surface area contributed by atoms with E-state index in [2.05, 4.69) is 11.3 Å². The molecule has 0 spiro atoms. The molecule has 1 atom stereocenters. The van der Waals surface area contributed by atoms with Crippen LogP contribution in [0.1, 0.15) is 32.1 Å². The van der Waals surface area contributed by atoms with E-state index >= 15 is 0 Å². The molecule has 1 aliphatic rings. The van der Waals surface area contributed by atoms with E-state index < -0.39 is 22.0 Å². The minimum absolute atomic E-state index is 0.0292. The number of rotatable bonds is 8. The van der Waals surface area contributed by atoms with Crippen molar-refractivity contribution in [3.8, 4) is 11.5 Å². The SMILES string of the molecule is C=C(C(=O)Oc1ccc2ccccc2c1)[C@@H](NS(=O)(=O)c1ccc(OC)cc1)C1CCCCC1. The Morgan fingerprint density at radius 3 is 2.26 bits per heavy atom. The van der Waals surface area contributed by atoms with Crippen LogP contribution in [0.5, 0.6) is 11.5 Å². The van der Waals surface area contributed by atoms with E-state index in [1.54, 1.807) is 24.3 Å². The van der Waals surface area contributed by atoms with Gasteiger partial charge in [-0.25, -0.2) is 17.9 Å². The van der Waals surface area contributed by atoms with Gasteiger partial charge in [0.1, 0.15) is 11.5 Å². The molecule has 6 nitrogen and oxygen atoms in total. The van der Waals surface area contributed by atoms with Gasteiger partial charge < -0.3 is 9.47 Å². The Morgan fingerprint density at radius 1 is 0.941 bits per heavy atom. The standard InChI is InChI=1S/C27H29NO5S/c1-19(27(29)33-24-13-12-20-8-6-7-11-22(20)18-24)26(21-9-4-3-5-10-21)28-34(30,31)25-16-14-23(32-2)15-17-25/h6-8,11-18,21,26,28H,1,3-5,9-10H2,2H3/t26-/m1/s1. The Morgan fingerprint density at radius 2 is 1.59 bits per heavy atom. The minimum Gasteiger partial charge on any atom is -0.497 e. The van der Waals surface area contributed by atoms with Crippen molar-refractivity contribution >= 4 is 26.8 Å². The first-order chi connectivity index (χ1) is 16.4. The lowest BCUT2D eigenvalue weighted by Crippen LogP contribution is -2.44. The number of sulfonamides is 1. The van der Waals surface area contributed by atoms with Crippen molar-refractivity contribution in [1.82, 2.24) is 4.72 Å². The van der Waals surface area contributed by atoms with Crippen LogP contribution in [0, 0.1) is 5.92 Å². The molecule has 0 amide bonds. The normalized spacial score (nSPS) is 15.6. The second-order valence-corrected chi connectivity index (χ2v) is 10.3. The zero-order valence-electron chi connectivity index (χ0n) is 19.2. The molecular formula is C27H29NO5S. The molecule has 0 radical (unpaired) electrons. The maximum absolute atomic E-state index is 13.2. The van der Waals surface area contributed by atoms with Crippen LogP contribution in [-0.2, 0) is 14.8 Å². The summed E-state index contributed by atoms with van der Waals surface area (Å²) in [5.74, 6) is 0.290. The van der Waals surface area contributed by atoms with Crippen LogP contribution < -0.4 is 14.2 Å². The molecule has 1 aliphatic carbocycles. The topological polar surface area (TPSA) is 81.7 Å². The highest BCUT2D eigenvalue weighted by Crippen LogP contribution is 2.31. The fraction of sp³-hybridized carbons (Fsp3) is 0.296. The highest BCUT2D eigenvalue weighted by molar-refractivity contribution is 7.89. The van der Waals surface area contributed by atoms with Gasteiger partial charge in [0.25, 0.3) is 0 Å². The molecule has 0 saturated heterocycles. The van der Waals surface area contributed by atoms with Crippen LogP contribution in [0.25, 0.3) is 10.8 Å². The average Bonchev–Trinajstić information content (AvgIpc) is 2.87. The number of methoxy groups -OCH3 is 1. The highest BCUT2D eigenvalue weighted by atomic mass is 32.2. The Hall–Kier alpha value is -3.16. The number of hydrogen-bond donors (Lipinski definition) is 1. The molecule has 0 unspecified atom stereocenters. The number of benzene rings is 3. The van der Waals surface area contributed by atoms with Crippen molar-refractivity contribution in [1.29, 1.82) is 0 Å². The van der Waals surface area contributed by atoms with Gasteiger partial charge in [-0.05, 0) is 65.9 Å². The van der Waals surface area contributed by atoms with Crippen molar-refractivity contribution in [3.05, 3.63) is 78.9 Å². The lowest BCUT2D eigenvalue weighted by atomic mass is 9.82. The molecule has 34 heavy (non-hydrogen) atoms. The number of carbonyl (C=O) groups is 1. The average molecular weight is 480 g/mol. The third-order valence-electron chi connectivity index (χ3n) is 6.34. The van der Waals surface area contributed by atoms with Gasteiger partial charge in [0.2, 0.25) is 10.0 Å². The second-order valence-electron chi connectivity index (χ2n) is 8.60. The van der Waals surface area contributed by atoms with Crippen molar-refractivity contribution < 1.29 is 22.7 Å². The molecule has 0 heterocycles. The van der Waals surface area contributed by atoms with Crippen molar-refractivity contribution in [2.24, 2.45) is 5.92 Å². The summed E-state index contributed by atoms with van der Waals surface area (Å²) < 4.78 is 39.8. The molecule has 1 fully saturated rings. The zero-order chi connectivity index (χ0) is 24.1. The van der Waals surface area contributed by atoms with Gasteiger partial charge in [0, 0.05) is 5.57 Å². The Balaban J connectivity index is 1.56. The zero-order valence-corrected chi connectivity index (χ0v) is 20.0. The first-order valence-corrected chi connectivity index (χ1v) is 12.9. The van der Waals surface area contributed by atoms with E-state index in [1.165, 1.54) is 19.2 Å². The van der Waals surface area contributed by atoms with Crippen LogP contribution in [0.4, 0.5) is 0 Å². The summed E-state index contributed by atoms with van der Waals surface area (Å²) in [6.07, 6.45) is 4.70. The molecule has 4 rings (SSSR count). The summed E-state index contributed by atoms with van der Waals surface area (Å²) in [5.41, 5.74) is 0.108. The molecule has 0 aliphatic heterocycles. The first-order valence-electron chi connectivity index (χ1n) is 11.4. The summed E-state index contributed by atoms with van der Waals surface area (Å²) in [5, 5.41) is 1.98. The monoisotopic (exact) mass is 479 g/mol. The van der Waals surface area contributed by atoms with Crippen LogP contribution in [0.2, 0.25) is 0 Å². The van der Waals surface area contributed by atoms with Crippen molar-refractivity contribution in [2.45, 2.75) is 43.0 Å². The third-order valence-corrected chi connectivity index (χ3v) is 7.80. The number of nitrogens with one attached hydrogen (secondary N) is 1. The maximum Gasteiger partial charge on any atom is 0.340 e. The molecule has 1 N–H and O–H groups in total. The summed E-state index contributed by atoms with van der Waals surface area (Å²) in [6, 6.07) is 18.6. The lowest BCUT2D eigenvalue weighted by Gasteiger charge is -2.31. The third kappa shape index (κ3) is 5.48. The van der Waals surface area contributed by atoms with Crippen LogP contribution in [0.3, 0.4) is 0 Å². The van der Waals surface area contributed by atoms with Crippen molar-refractivity contribution in [2.75, 3.05) is 7.11 Å². The highest BCUT2D eigenvalue weighted by Gasteiger charge is 2.33. The predicted octanol–water partition coefficient (Wildman–Crippen LogP) is 5.24. The minimum atomic E-state index is -3.89. The largest absolute Gasteiger partial charge is 0.497 e. The van der Waals surface area contributed by atoms with Gasteiger partial charge in [0.05, 0.1) is 18.0 Å². The van der Waals surface area contributed by atoms with E-state index in [1.807, 2.05) is 30.3 Å². The Bertz CT molecular complexity index is 1280. The molecule has 7 heteroatoms. The summed E-state index contributed by atoms with van der Waals surface area (Å²) >= 11 is 0. The fourth-order valence-electron chi connectivity index (χ4n) is 4.44. The van der Waals surface area contributed by atoms with E-state index in [9.17, 15) is 13.2 Å².